The first-order valence-electron chi connectivity index (χ1n) is 6.22. The van der Waals surface area contributed by atoms with Crippen LogP contribution in [0, 0.1) is 23.2 Å². The van der Waals surface area contributed by atoms with Crippen LogP contribution in [0.4, 0.5) is 0 Å². The van der Waals surface area contributed by atoms with Crippen LogP contribution in [0.25, 0.3) is 0 Å². The van der Waals surface area contributed by atoms with E-state index in [-0.39, 0.29) is 0 Å². The molecule has 4 atom stereocenters. The Labute approximate surface area is 97.2 Å². The van der Waals surface area contributed by atoms with E-state index < -0.39 is 12.1 Å². The van der Waals surface area contributed by atoms with Gasteiger partial charge < -0.3 is 9.84 Å². The lowest BCUT2D eigenvalue weighted by Gasteiger charge is -2.60. The zero-order valence-corrected chi connectivity index (χ0v) is 10.4. The maximum Gasteiger partial charge on any atom is 0.334 e. The van der Waals surface area contributed by atoms with E-state index in [0.29, 0.717) is 23.7 Å². The highest BCUT2D eigenvalue weighted by Gasteiger charge is 2.54. The lowest BCUT2D eigenvalue weighted by molar-refractivity contribution is -0.156. The molecule has 3 saturated carbocycles. The van der Waals surface area contributed by atoms with Crippen LogP contribution in [-0.2, 0) is 9.53 Å². The smallest absolute Gasteiger partial charge is 0.334 e. The summed E-state index contributed by atoms with van der Waals surface area (Å²) in [7, 11) is 1.33. The third-order valence-corrected chi connectivity index (χ3v) is 5.00. The monoisotopic (exact) mass is 226 g/mol. The molecular formula is C13H22O3. The number of esters is 1. The second kappa shape index (κ2) is 4.02. The van der Waals surface area contributed by atoms with Gasteiger partial charge in [-0.05, 0) is 48.9 Å². The number of carbonyl (C=O) groups is 1. The molecule has 3 aliphatic rings. The first-order valence-corrected chi connectivity index (χ1v) is 6.22. The first kappa shape index (κ1) is 11.9. The van der Waals surface area contributed by atoms with E-state index in [2.05, 4.69) is 18.6 Å². The molecule has 0 heterocycles. The molecule has 0 spiro atoms. The molecule has 3 heteroatoms. The van der Waals surface area contributed by atoms with Gasteiger partial charge in [-0.2, -0.15) is 0 Å². The molecule has 1 N–H and O–H groups in total. The molecule has 0 amide bonds. The van der Waals surface area contributed by atoms with Crippen molar-refractivity contribution in [2.75, 3.05) is 7.11 Å². The molecule has 3 aliphatic carbocycles. The van der Waals surface area contributed by atoms with Crippen LogP contribution in [0.5, 0.6) is 0 Å². The quantitative estimate of drug-likeness (QED) is 0.748. The lowest BCUT2D eigenvalue weighted by Crippen LogP contribution is -2.53. The number of ether oxygens (including phenoxy) is 1. The Morgan fingerprint density at radius 2 is 2.19 bits per heavy atom. The molecule has 2 bridgehead atoms. The van der Waals surface area contributed by atoms with E-state index in [1.807, 2.05) is 0 Å². The van der Waals surface area contributed by atoms with E-state index in [0.717, 1.165) is 12.3 Å². The van der Waals surface area contributed by atoms with Gasteiger partial charge in [-0.25, -0.2) is 4.79 Å². The van der Waals surface area contributed by atoms with Crippen molar-refractivity contribution >= 4 is 5.97 Å². The minimum absolute atomic E-state index is 0.415. The Hall–Kier alpha value is -0.570. The third kappa shape index (κ3) is 1.75. The Morgan fingerprint density at radius 3 is 2.69 bits per heavy atom. The fourth-order valence-electron chi connectivity index (χ4n) is 3.76. The number of hydrogen-bond donors (Lipinski definition) is 1. The highest BCUT2D eigenvalue weighted by molar-refractivity contribution is 5.74. The fraction of sp³-hybridized carbons (Fsp3) is 0.923. The lowest BCUT2D eigenvalue weighted by atomic mass is 9.45. The van der Waals surface area contributed by atoms with Gasteiger partial charge in [0.1, 0.15) is 0 Å². The summed E-state index contributed by atoms with van der Waals surface area (Å²) in [6.07, 6.45) is 3.34. The largest absolute Gasteiger partial charge is 0.467 e. The highest BCUT2D eigenvalue weighted by Crippen LogP contribution is 2.62. The minimum Gasteiger partial charge on any atom is -0.467 e. The molecule has 0 radical (unpaired) electrons. The Kier molecular flexibility index (Phi) is 2.99. The maximum atomic E-state index is 11.2. The molecule has 3 rings (SSSR count). The number of hydrogen-bond acceptors (Lipinski definition) is 3. The fourth-order valence-corrected chi connectivity index (χ4v) is 3.76. The molecule has 0 aromatic carbocycles. The van der Waals surface area contributed by atoms with E-state index in [9.17, 15) is 9.90 Å². The van der Waals surface area contributed by atoms with Gasteiger partial charge in [0.15, 0.2) is 6.10 Å². The number of fused-ring (bicyclic) bond motifs is 2. The second-order valence-corrected chi connectivity index (χ2v) is 5.97. The van der Waals surface area contributed by atoms with Crippen molar-refractivity contribution in [3.8, 4) is 0 Å². The van der Waals surface area contributed by atoms with Crippen molar-refractivity contribution in [1.29, 1.82) is 0 Å². The van der Waals surface area contributed by atoms with Crippen molar-refractivity contribution < 1.29 is 14.6 Å². The SMILES string of the molecule is COC(=O)C(O)CC1CCC2CC1C2(C)C. The summed E-state index contributed by atoms with van der Waals surface area (Å²) in [6.45, 7) is 4.64. The number of rotatable bonds is 3. The normalized spacial score (nSPS) is 37.4. The summed E-state index contributed by atoms with van der Waals surface area (Å²) in [5.74, 6) is 1.56. The van der Waals surface area contributed by atoms with Gasteiger partial charge >= 0.3 is 5.97 Å². The Morgan fingerprint density at radius 1 is 1.50 bits per heavy atom. The summed E-state index contributed by atoms with van der Waals surface area (Å²) >= 11 is 0. The predicted octanol–water partition coefficient (Wildman–Crippen LogP) is 1.98. The van der Waals surface area contributed by atoms with Crippen LogP contribution in [0.3, 0.4) is 0 Å². The van der Waals surface area contributed by atoms with Crippen LogP contribution >= 0.6 is 0 Å². The van der Waals surface area contributed by atoms with Crippen molar-refractivity contribution in [3.63, 3.8) is 0 Å². The third-order valence-electron chi connectivity index (χ3n) is 5.00. The van der Waals surface area contributed by atoms with Gasteiger partial charge in [-0.15, -0.1) is 0 Å². The van der Waals surface area contributed by atoms with Gasteiger partial charge in [-0.1, -0.05) is 13.8 Å². The maximum absolute atomic E-state index is 11.2. The van der Waals surface area contributed by atoms with Crippen molar-refractivity contribution in [1.82, 2.24) is 0 Å². The number of carbonyl (C=O) groups excluding carboxylic acids is 1. The molecule has 0 aliphatic heterocycles. The van der Waals surface area contributed by atoms with Crippen LogP contribution in [0.1, 0.15) is 39.5 Å². The summed E-state index contributed by atoms with van der Waals surface area (Å²) in [5, 5.41) is 9.70. The molecule has 0 aromatic rings. The van der Waals surface area contributed by atoms with E-state index in [4.69, 9.17) is 0 Å². The van der Waals surface area contributed by atoms with E-state index in [1.165, 1.54) is 20.0 Å². The topological polar surface area (TPSA) is 46.5 Å². The van der Waals surface area contributed by atoms with E-state index >= 15 is 0 Å². The van der Waals surface area contributed by atoms with Crippen LogP contribution < -0.4 is 0 Å². The van der Waals surface area contributed by atoms with Gasteiger partial charge in [0, 0.05) is 0 Å². The summed E-state index contributed by atoms with van der Waals surface area (Å²) in [5.41, 5.74) is 0.415. The van der Waals surface area contributed by atoms with Crippen molar-refractivity contribution in [2.24, 2.45) is 23.2 Å². The predicted molar refractivity (Wildman–Crippen MR) is 60.7 cm³/mol. The molecule has 4 unspecified atom stereocenters. The number of methoxy groups -OCH3 is 1. The highest BCUT2D eigenvalue weighted by atomic mass is 16.5. The Bertz CT molecular complexity index is 283. The number of aliphatic hydroxyl groups excluding tert-OH is 1. The van der Waals surface area contributed by atoms with Crippen LogP contribution in [-0.4, -0.2) is 24.3 Å². The van der Waals surface area contributed by atoms with Gasteiger partial charge in [0.25, 0.3) is 0 Å². The molecule has 0 saturated heterocycles. The van der Waals surface area contributed by atoms with Crippen molar-refractivity contribution in [3.05, 3.63) is 0 Å². The summed E-state index contributed by atoms with van der Waals surface area (Å²) in [6, 6.07) is 0. The van der Waals surface area contributed by atoms with Gasteiger partial charge in [0.2, 0.25) is 0 Å². The molecular weight excluding hydrogens is 204 g/mol. The zero-order valence-electron chi connectivity index (χ0n) is 10.4. The molecule has 92 valence electrons. The van der Waals surface area contributed by atoms with E-state index in [1.54, 1.807) is 0 Å². The summed E-state index contributed by atoms with van der Waals surface area (Å²) < 4.78 is 4.56. The zero-order chi connectivity index (χ0) is 11.9. The van der Waals surface area contributed by atoms with Crippen LogP contribution in [0.2, 0.25) is 0 Å². The minimum atomic E-state index is -0.928. The van der Waals surface area contributed by atoms with Gasteiger partial charge in [-0.3, -0.25) is 0 Å². The standard InChI is InChI=1S/C13H22O3/c1-13(2)9-5-4-8(10(13)7-9)6-11(14)12(15)16-3/h8-11,14H,4-7H2,1-3H3. The van der Waals surface area contributed by atoms with Crippen LogP contribution in [0.15, 0.2) is 0 Å². The number of aliphatic hydroxyl groups is 1. The summed E-state index contributed by atoms with van der Waals surface area (Å²) in [4.78, 5) is 11.2. The molecule has 3 fully saturated rings. The first-order chi connectivity index (χ1) is 7.46. The molecule has 16 heavy (non-hydrogen) atoms. The van der Waals surface area contributed by atoms with Gasteiger partial charge in [0.05, 0.1) is 7.11 Å². The Balaban J connectivity index is 1.93. The van der Waals surface area contributed by atoms with Crippen molar-refractivity contribution in [2.45, 2.75) is 45.6 Å². The molecule has 3 nitrogen and oxygen atoms in total. The second-order valence-electron chi connectivity index (χ2n) is 5.97. The molecule has 0 aromatic heterocycles. The average Bonchev–Trinajstić information content (AvgIpc) is 2.27. The average molecular weight is 226 g/mol.